The van der Waals surface area contributed by atoms with Crippen LogP contribution in [0.25, 0.3) is 0 Å². The van der Waals surface area contributed by atoms with E-state index in [-0.39, 0.29) is 11.3 Å². The lowest BCUT2D eigenvalue weighted by Crippen LogP contribution is -2.17. The van der Waals surface area contributed by atoms with Gasteiger partial charge in [-0.05, 0) is 24.3 Å². The smallest absolute Gasteiger partial charge is 0.271 e. The van der Waals surface area contributed by atoms with E-state index in [2.05, 4.69) is 26.5 Å². The number of nitro groups is 1. The molecule has 2 aromatic rings. The third kappa shape index (κ3) is 4.36. The maximum Gasteiger partial charge on any atom is 0.271 e. The molecular formula is C15H12BrN3O4. The molecule has 0 aliphatic rings. The molecule has 118 valence electrons. The fraction of sp³-hybridized carbons (Fsp3) is 0.0667. The summed E-state index contributed by atoms with van der Waals surface area (Å²) in [7, 11) is 1.53. The summed E-state index contributed by atoms with van der Waals surface area (Å²) < 4.78 is 6.02. The average Bonchev–Trinajstić information content (AvgIpc) is 2.55. The molecule has 1 N–H and O–H groups in total. The van der Waals surface area contributed by atoms with E-state index >= 15 is 0 Å². The van der Waals surface area contributed by atoms with Crippen LogP contribution >= 0.6 is 15.9 Å². The Kier molecular flexibility index (Phi) is 5.42. The quantitative estimate of drug-likeness (QED) is 0.491. The second-order valence-corrected chi connectivity index (χ2v) is 5.31. The zero-order valence-corrected chi connectivity index (χ0v) is 13.6. The van der Waals surface area contributed by atoms with Crippen molar-refractivity contribution in [2.75, 3.05) is 7.11 Å². The van der Waals surface area contributed by atoms with Crippen molar-refractivity contribution in [1.82, 2.24) is 5.43 Å². The number of hydrogen-bond donors (Lipinski definition) is 1. The van der Waals surface area contributed by atoms with Crippen LogP contribution in [0.1, 0.15) is 15.9 Å². The summed E-state index contributed by atoms with van der Waals surface area (Å²) in [4.78, 5) is 22.1. The van der Waals surface area contributed by atoms with Crippen molar-refractivity contribution in [2.45, 2.75) is 0 Å². The van der Waals surface area contributed by atoms with E-state index in [0.717, 1.165) is 4.47 Å². The van der Waals surface area contributed by atoms with Gasteiger partial charge in [-0.2, -0.15) is 5.10 Å². The van der Waals surface area contributed by atoms with Crippen molar-refractivity contribution in [3.63, 3.8) is 0 Å². The Morgan fingerprint density at radius 2 is 2.13 bits per heavy atom. The number of rotatable bonds is 5. The molecule has 0 aliphatic carbocycles. The fourth-order valence-corrected chi connectivity index (χ4v) is 2.17. The Hall–Kier alpha value is -2.74. The number of carbonyl (C=O) groups is 1. The summed E-state index contributed by atoms with van der Waals surface area (Å²) in [5.74, 6) is 0.0560. The third-order valence-corrected chi connectivity index (χ3v) is 3.37. The van der Waals surface area contributed by atoms with Crippen LogP contribution in [0, 0.1) is 10.1 Å². The Morgan fingerprint density at radius 1 is 1.35 bits per heavy atom. The molecule has 8 heteroatoms. The van der Waals surface area contributed by atoms with Crippen LogP contribution in [-0.2, 0) is 0 Å². The molecule has 1 amide bonds. The van der Waals surface area contributed by atoms with Crippen molar-refractivity contribution >= 4 is 33.7 Å². The van der Waals surface area contributed by atoms with Crippen LogP contribution < -0.4 is 10.2 Å². The van der Waals surface area contributed by atoms with Crippen LogP contribution in [0.2, 0.25) is 0 Å². The predicted octanol–water partition coefficient (Wildman–Crippen LogP) is 3.13. The van der Waals surface area contributed by atoms with Gasteiger partial charge in [-0.15, -0.1) is 0 Å². The number of nitrogens with one attached hydrogen (secondary N) is 1. The topological polar surface area (TPSA) is 93.8 Å². The van der Waals surface area contributed by atoms with Gasteiger partial charge in [-0.25, -0.2) is 5.43 Å². The lowest BCUT2D eigenvalue weighted by molar-refractivity contribution is -0.384. The van der Waals surface area contributed by atoms with Gasteiger partial charge in [0.15, 0.2) is 0 Å². The standard InChI is InChI=1S/C15H12BrN3O4/c1-23-14-6-5-12(16)7-11(14)9-17-18-15(20)10-3-2-4-13(8-10)19(21)22/h2-9H,1H3,(H,18,20). The summed E-state index contributed by atoms with van der Waals surface area (Å²) in [6, 6.07) is 10.8. The monoisotopic (exact) mass is 377 g/mol. The highest BCUT2D eigenvalue weighted by atomic mass is 79.9. The molecule has 0 heterocycles. The number of carbonyl (C=O) groups excluding carboxylic acids is 1. The molecule has 0 atom stereocenters. The van der Waals surface area contributed by atoms with E-state index < -0.39 is 10.8 Å². The third-order valence-electron chi connectivity index (χ3n) is 2.88. The molecular weight excluding hydrogens is 366 g/mol. The van der Waals surface area contributed by atoms with Crippen molar-refractivity contribution in [2.24, 2.45) is 5.10 Å². The summed E-state index contributed by atoms with van der Waals surface area (Å²) >= 11 is 3.34. The zero-order chi connectivity index (χ0) is 16.8. The van der Waals surface area contributed by atoms with Gasteiger partial charge in [0.25, 0.3) is 11.6 Å². The molecule has 0 unspecified atom stereocenters. The number of methoxy groups -OCH3 is 1. The highest BCUT2D eigenvalue weighted by molar-refractivity contribution is 9.10. The van der Waals surface area contributed by atoms with E-state index in [1.165, 1.54) is 37.6 Å². The second kappa shape index (κ2) is 7.50. The molecule has 0 spiro atoms. The molecule has 23 heavy (non-hydrogen) atoms. The Bertz CT molecular complexity index is 777. The maximum atomic E-state index is 11.9. The Balaban J connectivity index is 2.11. The summed E-state index contributed by atoms with van der Waals surface area (Å²) in [6.07, 6.45) is 1.43. The molecule has 0 saturated heterocycles. The van der Waals surface area contributed by atoms with Crippen molar-refractivity contribution in [1.29, 1.82) is 0 Å². The molecule has 0 fully saturated rings. The Morgan fingerprint density at radius 3 is 2.83 bits per heavy atom. The van der Waals surface area contributed by atoms with Crippen LogP contribution in [0.5, 0.6) is 5.75 Å². The number of halogens is 1. The summed E-state index contributed by atoms with van der Waals surface area (Å²) in [5, 5.41) is 14.6. The van der Waals surface area contributed by atoms with Crippen LogP contribution in [-0.4, -0.2) is 24.2 Å². The zero-order valence-electron chi connectivity index (χ0n) is 12.0. The minimum Gasteiger partial charge on any atom is -0.496 e. The average molecular weight is 378 g/mol. The first-order valence-corrected chi connectivity index (χ1v) is 7.22. The van der Waals surface area contributed by atoms with Gasteiger partial charge in [0.1, 0.15) is 5.75 Å². The van der Waals surface area contributed by atoms with Gasteiger partial charge < -0.3 is 4.74 Å². The number of nitrogens with zero attached hydrogens (tertiary/aromatic N) is 2. The number of non-ortho nitro benzene ring substituents is 1. The number of benzene rings is 2. The molecule has 0 aliphatic heterocycles. The summed E-state index contributed by atoms with van der Waals surface area (Å²) in [5.41, 5.74) is 2.98. The van der Waals surface area contributed by atoms with Crippen molar-refractivity contribution in [3.8, 4) is 5.75 Å². The van der Waals surface area contributed by atoms with E-state index in [0.29, 0.717) is 11.3 Å². The molecule has 0 bridgehead atoms. The van der Waals surface area contributed by atoms with Gasteiger partial charge in [0, 0.05) is 27.7 Å². The number of nitro benzene ring substituents is 1. The van der Waals surface area contributed by atoms with Gasteiger partial charge in [-0.1, -0.05) is 22.0 Å². The van der Waals surface area contributed by atoms with E-state index in [9.17, 15) is 14.9 Å². The van der Waals surface area contributed by atoms with Crippen LogP contribution in [0.4, 0.5) is 5.69 Å². The maximum absolute atomic E-state index is 11.9. The molecule has 2 rings (SSSR count). The number of hydrazone groups is 1. The SMILES string of the molecule is COc1ccc(Br)cc1C=NNC(=O)c1cccc([N+](=O)[O-])c1. The molecule has 0 radical (unpaired) electrons. The predicted molar refractivity (Wildman–Crippen MR) is 88.9 cm³/mol. The van der Waals surface area contributed by atoms with Crippen LogP contribution in [0.15, 0.2) is 52.0 Å². The van der Waals surface area contributed by atoms with E-state index in [1.807, 2.05) is 6.07 Å². The van der Waals surface area contributed by atoms with Gasteiger partial charge in [-0.3, -0.25) is 14.9 Å². The molecule has 2 aromatic carbocycles. The minimum atomic E-state index is -0.563. The van der Waals surface area contributed by atoms with Crippen molar-refractivity contribution in [3.05, 3.63) is 68.2 Å². The van der Waals surface area contributed by atoms with Gasteiger partial charge >= 0.3 is 0 Å². The first-order valence-electron chi connectivity index (χ1n) is 6.42. The highest BCUT2D eigenvalue weighted by Gasteiger charge is 2.10. The lowest BCUT2D eigenvalue weighted by atomic mass is 10.2. The molecule has 7 nitrogen and oxygen atoms in total. The number of ether oxygens (including phenoxy) is 1. The second-order valence-electron chi connectivity index (χ2n) is 4.39. The van der Waals surface area contributed by atoms with Gasteiger partial charge in [0.05, 0.1) is 18.2 Å². The number of hydrogen-bond acceptors (Lipinski definition) is 5. The van der Waals surface area contributed by atoms with E-state index in [4.69, 9.17) is 4.74 Å². The molecule has 0 aromatic heterocycles. The number of amides is 1. The van der Waals surface area contributed by atoms with Gasteiger partial charge in [0.2, 0.25) is 0 Å². The lowest BCUT2D eigenvalue weighted by Gasteiger charge is -2.04. The largest absolute Gasteiger partial charge is 0.496 e. The first-order chi connectivity index (χ1) is 11.0. The first kappa shape index (κ1) is 16.6. The molecule has 0 saturated carbocycles. The fourth-order valence-electron chi connectivity index (χ4n) is 1.79. The summed E-state index contributed by atoms with van der Waals surface area (Å²) in [6.45, 7) is 0. The Labute approximate surface area is 140 Å². The van der Waals surface area contributed by atoms with Crippen molar-refractivity contribution < 1.29 is 14.5 Å². The minimum absolute atomic E-state index is 0.151. The highest BCUT2D eigenvalue weighted by Crippen LogP contribution is 2.21. The normalized spacial score (nSPS) is 10.5. The van der Waals surface area contributed by atoms with Crippen LogP contribution in [0.3, 0.4) is 0 Å². The van der Waals surface area contributed by atoms with E-state index in [1.54, 1.807) is 12.1 Å².